The van der Waals surface area contributed by atoms with Crippen LogP contribution in [0.4, 0.5) is 5.95 Å². The lowest BCUT2D eigenvalue weighted by Crippen LogP contribution is -2.03. The van der Waals surface area contributed by atoms with Crippen molar-refractivity contribution in [1.29, 1.82) is 0 Å². The number of nitrogens with two attached hydrogens (primary N) is 1. The molecule has 1 aromatic carbocycles. The molecule has 2 N–H and O–H groups in total. The zero-order valence-electron chi connectivity index (χ0n) is 10.7. The van der Waals surface area contributed by atoms with Crippen LogP contribution in [0.1, 0.15) is 11.1 Å². The van der Waals surface area contributed by atoms with Gasteiger partial charge >= 0.3 is 0 Å². The number of imidazole rings is 1. The van der Waals surface area contributed by atoms with Crippen molar-refractivity contribution >= 4 is 28.7 Å². The second-order valence-electron chi connectivity index (χ2n) is 4.59. The molecule has 5 heteroatoms. The van der Waals surface area contributed by atoms with Gasteiger partial charge in [0.25, 0.3) is 0 Å². The summed E-state index contributed by atoms with van der Waals surface area (Å²) in [5.41, 5.74) is 10.7. The van der Waals surface area contributed by atoms with Gasteiger partial charge in [0.05, 0.1) is 10.7 Å². The van der Waals surface area contributed by atoms with Crippen LogP contribution in [-0.4, -0.2) is 14.5 Å². The summed E-state index contributed by atoms with van der Waals surface area (Å²) in [6, 6.07) is 7.97. The van der Waals surface area contributed by atoms with E-state index in [1.165, 1.54) is 0 Å². The molecule has 0 bridgehead atoms. The van der Waals surface area contributed by atoms with Crippen molar-refractivity contribution < 1.29 is 0 Å². The molecule has 0 atom stereocenters. The smallest absolute Gasteiger partial charge is 0.207 e. The fraction of sp³-hybridized carbons (Fsp3) is 0.143. The van der Waals surface area contributed by atoms with E-state index < -0.39 is 0 Å². The lowest BCUT2D eigenvalue weighted by molar-refractivity contribution is 1.06. The van der Waals surface area contributed by atoms with E-state index in [0.29, 0.717) is 16.5 Å². The van der Waals surface area contributed by atoms with Gasteiger partial charge in [-0.3, -0.25) is 4.57 Å². The molecule has 3 aromatic rings. The molecule has 0 saturated heterocycles. The summed E-state index contributed by atoms with van der Waals surface area (Å²) in [4.78, 5) is 8.65. The van der Waals surface area contributed by atoms with Crippen LogP contribution in [0.25, 0.3) is 16.9 Å². The second-order valence-corrected chi connectivity index (χ2v) is 5.03. The van der Waals surface area contributed by atoms with E-state index in [1.807, 2.05) is 18.4 Å². The Kier molecular flexibility index (Phi) is 2.68. The van der Waals surface area contributed by atoms with Crippen LogP contribution in [0, 0.1) is 13.8 Å². The molecule has 0 aliphatic carbocycles. The third-order valence-electron chi connectivity index (χ3n) is 3.10. The van der Waals surface area contributed by atoms with Gasteiger partial charge in [0.1, 0.15) is 5.52 Å². The highest BCUT2D eigenvalue weighted by Crippen LogP contribution is 2.25. The van der Waals surface area contributed by atoms with Gasteiger partial charge in [0.15, 0.2) is 5.65 Å². The number of hydrogen-bond donors (Lipinski definition) is 1. The summed E-state index contributed by atoms with van der Waals surface area (Å²) in [5, 5.41) is 0.554. The summed E-state index contributed by atoms with van der Waals surface area (Å²) >= 11 is 5.93. The predicted octanol–water partition coefficient (Wildman–Crippen LogP) is 3.27. The number of nitrogen functional groups attached to an aromatic ring is 1. The van der Waals surface area contributed by atoms with Gasteiger partial charge in [-0.2, -0.15) is 0 Å². The van der Waals surface area contributed by atoms with E-state index in [2.05, 4.69) is 28.2 Å². The number of aryl methyl sites for hydroxylation is 2. The monoisotopic (exact) mass is 272 g/mol. The van der Waals surface area contributed by atoms with Gasteiger partial charge in [-0.25, -0.2) is 9.97 Å². The molecule has 2 heterocycles. The molecule has 0 saturated carbocycles. The third kappa shape index (κ3) is 1.94. The Bertz CT molecular complexity index is 776. The molecular formula is C14H13ClN4. The van der Waals surface area contributed by atoms with E-state index in [0.717, 1.165) is 22.5 Å². The Morgan fingerprint density at radius 1 is 1.21 bits per heavy atom. The first-order chi connectivity index (χ1) is 9.06. The molecular weight excluding hydrogens is 260 g/mol. The Balaban J connectivity index is 2.36. The Labute approximate surface area is 115 Å². The molecule has 3 rings (SSSR count). The van der Waals surface area contributed by atoms with Gasteiger partial charge in [0.2, 0.25) is 5.95 Å². The van der Waals surface area contributed by atoms with Gasteiger partial charge in [-0.15, -0.1) is 0 Å². The van der Waals surface area contributed by atoms with Crippen LogP contribution in [-0.2, 0) is 0 Å². The zero-order valence-corrected chi connectivity index (χ0v) is 11.4. The van der Waals surface area contributed by atoms with Crippen LogP contribution >= 0.6 is 11.6 Å². The van der Waals surface area contributed by atoms with E-state index in [1.54, 1.807) is 12.3 Å². The van der Waals surface area contributed by atoms with Gasteiger partial charge in [-0.05, 0) is 37.1 Å². The summed E-state index contributed by atoms with van der Waals surface area (Å²) in [5.74, 6) is 0.415. The average molecular weight is 273 g/mol. The minimum atomic E-state index is 0.415. The molecule has 0 amide bonds. The molecule has 0 unspecified atom stereocenters. The molecule has 0 radical (unpaired) electrons. The van der Waals surface area contributed by atoms with Gasteiger partial charge in [-0.1, -0.05) is 23.7 Å². The molecule has 0 spiro atoms. The zero-order chi connectivity index (χ0) is 13.6. The average Bonchev–Trinajstić information content (AvgIpc) is 2.67. The third-order valence-corrected chi connectivity index (χ3v) is 3.30. The van der Waals surface area contributed by atoms with Crippen LogP contribution in [0.15, 0.2) is 30.5 Å². The minimum absolute atomic E-state index is 0.415. The van der Waals surface area contributed by atoms with E-state index in [9.17, 15) is 0 Å². The first kappa shape index (κ1) is 12.0. The molecule has 0 aliphatic rings. The molecule has 4 nitrogen and oxygen atoms in total. The Hall–Kier alpha value is -2.07. The maximum absolute atomic E-state index is 6.02. The fourth-order valence-electron chi connectivity index (χ4n) is 2.16. The van der Waals surface area contributed by atoms with Gasteiger partial charge < -0.3 is 5.73 Å². The number of aromatic nitrogens is 3. The van der Waals surface area contributed by atoms with Crippen molar-refractivity contribution in [2.45, 2.75) is 13.8 Å². The van der Waals surface area contributed by atoms with E-state index in [4.69, 9.17) is 17.3 Å². The highest BCUT2D eigenvalue weighted by atomic mass is 35.5. The van der Waals surface area contributed by atoms with Crippen LogP contribution in [0.3, 0.4) is 0 Å². The Morgan fingerprint density at radius 2 is 2.00 bits per heavy atom. The fourth-order valence-corrected chi connectivity index (χ4v) is 2.31. The number of pyridine rings is 1. The topological polar surface area (TPSA) is 56.7 Å². The van der Waals surface area contributed by atoms with Crippen LogP contribution in [0.2, 0.25) is 5.02 Å². The van der Waals surface area contributed by atoms with Crippen LogP contribution < -0.4 is 5.73 Å². The van der Waals surface area contributed by atoms with E-state index >= 15 is 0 Å². The second kappa shape index (κ2) is 4.24. The largest absolute Gasteiger partial charge is 0.369 e. The first-order valence-corrected chi connectivity index (χ1v) is 6.31. The molecule has 0 aliphatic heterocycles. The van der Waals surface area contributed by atoms with Gasteiger partial charge in [0, 0.05) is 6.20 Å². The number of anilines is 1. The van der Waals surface area contributed by atoms with Crippen molar-refractivity contribution in [3.05, 3.63) is 46.6 Å². The number of hydrogen-bond acceptors (Lipinski definition) is 3. The first-order valence-electron chi connectivity index (χ1n) is 5.93. The SMILES string of the molecule is Cc1ccc(C)c(-n2c(N)nc3cc(Cl)cnc32)c1. The highest BCUT2D eigenvalue weighted by Gasteiger charge is 2.13. The molecule has 0 fully saturated rings. The van der Waals surface area contributed by atoms with Crippen molar-refractivity contribution in [1.82, 2.24) is 14.5 Å². The lowest BCUT2D eigenvalue weighted by Gasteiger charge is -2.10. The summed E-state index contributed by atoms with van der Waals surface area (Å²) in [6.45, 7) is 4.08. The minimum Gasteiger partial charge on any atom is -0.369 e. The van der Waals surface area contributed by atoms with Crippen molar-refractivity contribution in [2.75, 3.05) is 5.73 Å². The quantitative estimate of drug-likeness (QED) is 0.740. The summed E-state index contributed by atoms with van der Waals surface area (Å²) in [7, 11) is 0. The number of fused-ring (bicyclic) bond motifs is 1. The van der Waals surface area contributed by atoms with Crippen LogP contribution in [0.5, 0.6) is 0 Å². The Morgan fingerprint density at radius 3 is 2.79 bits per heavy atom. The number of halogens is 1. The highest BCUT2D eigenvalue weighted by molar-refractivity contribution is 6.31. The van der Waals surface area contributed by atoms with E-state index in [-0.39, 0.29) is 0 Å². The standard InChI is InChI=1S/C14H13ClN4/c1-8-3-4-9(2)12(5-8)19-13-11(18-14(19)16)6-10(15)7-17-13/h3-7H,1-2H3,(H2,16,18). The number of benzene rings is 1. The van der Waals surface area contributed by atoms with Crippen molar-refractivity contribution in [2.24, 2.45) is 0 Å². The molecule has 19 heavy (non-hydrogen) atoms. The lowest BCUT2D eigenvalue weighted by atomic mass is 10.1. The predicted molar refractivity (Wildman–Crippen MR) is 77.8 cm³/mol. The summed E-state index contributed by atoms with van der Waals surface area (Å²) in [6.07, 6.45) is 1.60. The number of rotatable bonds is 1. The van der Waals surface area contributed by atoms with Crippen molar-refractivity contribution in [3.8, 4) is 5.69 Å². The molecule has 96 valence electrons. The normalized spacial score (nSPS) is 11.1. The maximum atomic E-state index is 6.02. The van der Waals surface area contributed by atoms with Crippen molar-refractivity contribution in [3.63, 3.8) is 0 Å². The number of nitrogens with zero attached hydrogens (tertiary/aromatic N) is 3. The summed E-state index contributed by atoms with van der Waals surface area (Å²) < 4.78 is 1.86. The molecule has 2 aromatic heterocycles. The maximum Gasteiger partial charge on any atom is 0.207 e.